The van der Waals surface area contributed by atoms with Crippen LogP contribution in [0.4, 0.5) is 0 Å². The van der Waals surface area contributed by atoms with Gasteiger partial charge in [-0.15, -0.1) is 0 Å². The fourth-order valence-corrected chi connectivity index (χ4v) is 2.25. The van der Waals surface area contributed by atoms with Crippen LogP contribution in [-0.4, -0.2) is 37.1 Å². The molecule has 1 unspecified atom stereocenters. The van der Waals surface area contributed by atoms with Crippen LogP contribution in [0.15, 0.2) is 24.3 Å². The molecule has 4 heteroatoms. The Morgan fingerprint density at radius 2 is 1.71 bits per heavy atom. The number of carbonyl (C=O) groups excluding carboxylic acids is 1. The second-order valence-corrected chi connectivity index (χ2v) is 5.14. The van der Waals surface area contributed by atoms with Gasteiger partial charge >= 0.3 is 5.97 Å². The third-order valence-corrected chi connectivity index (χ3v) is 3.77. The number of nitrogens with one attached hydrogen (secondary N) is 1. The molecule has 0 heterocycles. The quantitative estimate of drug-likeness (QED) is 0.710. The highest BCUT2D eigenvalue weighted by Crippen LogP contribution is 2.08. The normalized spacial score (nSPS) is 12.4. The summed E-state index contributed by atoms with van der Waals surface area (Å²) in [5.41, 5.74) is 2.50. The summed E-state index contributed by atoms with van der Waals surface area (Å²) in [5, 5.41) is 3.23. The molecule has 0 aliphatic carbocycles. The Morgan fingerprint density at radius 1 is 1.14 bits per heavy atom. The van der Waals surface area contributed by atoms with Gasteiger partial charge in [-0.2, -0.15) is 0 Å². The van der Waals surface area contributed by atoms with Gasteiger partial charge in [0.2, 0.25) is 0 Å². The van der Waals surface area contributed by atoms with Gasteiger partial charge in [0.25, 0.3) is 0 Å². The van der Waals surface area contributed by atoms with Gasteiger partial charge in [-0.25, -0.2) is 0 Å². The van der Waals surface area contributed by atoms with Crippen molar-refractivity contribution in [1.29, 1.82) is 0 Å². The van der Waals surface area contributed by atoms with E-state index in [1.54, 1.807) is 0 Å². The predicted molar refractivity (Wildman–Crippen MR) is 86.0 cm³/mol. The summed E-state index contributed by atoms with van der Waals surface area (Å²) in [7, 11) is 1.43. The molecule has 4 nitrogen and oxygen atoms in total. The monoisotopic (exact) mass is 292 g/mol. The minimum absolute atomic E-state index is 0.198. The number of nitrogens with zero attached hydrogens (tertiary/aromatic N) is 1. The average Bonchev–Trinajstić information content (AvgIpc) is 2.54. The van der Waals surface area contributed by atoms with Gasteiger partial charge in [-0.05, 0) is 30.6 Å². The number of esters is 1. The first-order chi connectivity index (χ1) is 10.1. The molecule has 0 aliphatic heterocycles. The number of ether oxygens (including phenoxy) is 1. The summed E-state index contributed by atoms with van der Waals surface area (Å²) >= 11 is 0. The Bertz CT molecular complexity index is 413. The Morgan fingerprint density at radius 3 is 2.19 bits per heavy atom. The molecule has 118 valence electrons. The molecule has 0 aromatic heterocycles. The lowest BCUT2D eigenvalue weighted by Crippen LogP contribution is -2.36. The molecular formula is C17H28N2O2. The molecule has 0 radical (unpaired) electrons. The number of hydrogen-bond donors (Lipinski definition) is 1. The largest absolute Gasteiger partial charge is 0.468 e. The number of rotatable bonds is 9. The molecule has 0 amide bonds. The van der Waals surface area contributed by atoms with E-state index in [1.165, 1.54) is 18.2 Å². The van der Waals surface area contributed by atoms with Gasteiger partial charge < -0.3 is 10.1 Å². The molecule has 0 saturated carbocycles. The summed E-state index contributed by atoms with van der Waals surface area (Å²) in [6.07, 6.45) is 0.729. The van der Waals surface area contributed by atoms with Crippen LogP contribution in [-0.2, 0) is 22.6 Å². The molecule has 0 bridgehead atoms. The molecule has 0 fully saturated rings. The number of carbonyl (C=O) groups is 1. The molecule has 0 spiro atoms. The molecular weight excluding hydrogens is 264 g/mol. The summed E-state index contributed by atoms with van der Waals surface area (Å²) in [6.45, 7) is 10.1. The molecule has 1 aromatic carbocycles. The zero-order chi connectivity index (χ0) is 15.7. The van der Waals surface area contributed by atoms with E-state index in [0.717, 1.165) is 26.1 Å². The average molecular weight is 292 g/mol. The topological polar surface area (TPSA) is 41.6 Å². The molecule has 0 aliphatic rings. The van der Waals surface area contributed by atoms with Crippen molar-refractivity contribution >= 4 is 5.97 Å². The lowest BCUT2D eigenvalue weighted by Gasteiger charge is -2.18. The van der Waals surface area contributed by atoms with Crippen LogP contribution in [0.1, 0.15) is 38.3 Å². The highest BCUT2D eigenvalue weighted by molar-refractivity contribution is 5.75. The lowest BCUT2D eigenvalue weighted by atomic mass is 10.1. The van der Waals surface area contributed by atoms with E-state index < -0.39 is 0 Å². The van der Waals surface area contributed by atoms with Gasteiger partial charge in [-0.3, -0.25) is 9.69 Å². The van der Waals surface area contributed by atoms with E-state index in [9.17, 15) is 4.79 Å². The molecule has 1 rings (SSSR count). The van der Waals surface area contributed by atoms with Gasteiger partial charge in [0.15, 0.2) is 0 Å². The van der Waals surface area contributed by atoms with E-state index in [1.807, 2.05) is 6.92 Å². The van der Waals surface area contributed by atoms with Crippen molar-refractivity contribution < 1.29 is 9.53 Å². The van der Waals surface area contributed by atoms with Crippen molar-refractivity contribution in [3.63, 3.8) is 0 Å². The van der Waals surface area contributed by atoms with Gasteiger partial charge in [-0.1, -0.05) is 45.0 Å². The van der Waals surface area contributed by atoms with E-state index in [4.69, 9.17) is 4.74 Å². The Kier molecular flexibility index (Phi) is 8.01. The molecule has 1 atom stereocenters. The van der Waals surface area contributed by atoms with Crippen molar-refractivity contribution in [1.82, 2.24) is 10.2 Å². The van der Waals surface area contributed by atoms with Crippen LogP contribution in [0, 0.1) is 0 Å². The van der Waals surface area contributed by atoms with Crippen molar-refractivity contribution in [2.75, 3.05) is 20.2 Å². The van der Waals surface area contributed by atoms with Gasteiger partial charge in [0.1, 0.15) is 6.04 Å². The molecule has 1 N–H and O–H groups in total. The van der Waals surface area contributed by atoms with Gasteiger partial charge in [0.05, 0.1) is 7.11 Å². The SMILES string of the molecule is CCC(NCc1ccc(CN(CC)CC)cc1)C(=O)OC. The minimum Gasteiger partial charge on any atom is -0.468 e. The number of hydrogen-bond acceptors (Lipinski definition) is 4. The van der Waals surface area contributed by atoms with E-state index in [0.29, 0.717) is 6.54 Å². The molecule has 21 heavy (non-hydrogen) atoms. The highest BCUT2D eigenvalue weighted by atomic mass is 16.5. The van der Waals surface area contributed by atoms with E-state index >= 15 is 0 Å². The van der Waals surface area contributed by atoms with Crippen LogP contribution in [0.25, 0.3) is 0 Å². The minimum atomic E-state index is -0.231. The third kappa shape index (κ3) is 5.86. The zero-order valence-electron chi connectivity index (χ0n) is 13.7. The van der Waals surface area contributed by atoms with Crippen LogP contribution in [0.3, 0.4) is 0 Å². The Hall–Kier alpha value is -1.39. The summed E-state index contributed by atoms with van der Waals surface area (Å²) < 4.78 is 4.77. The van der Waals surface area contributed by atoms with Crippen LogP contribution >= 0.6 is 0 Å². The van der Waals surface area contributed by atoms with E-state index in [-0.39, 0.29) is 12.0 Å². The Balaban J connectivity index is 2.52. The predicted octanol–water partition coefficient (Wildman–Crippen LogP) is 2.57. The van der Waals surface area contributed by atoms with Gasteiger partial charge in [0, 0.05) is 13.1 Å². The maximum absolute atomic E-state index is 11.5. The van der Waals surface area contributed by atoms with Crippen LogP contribution in [0.5, 0.6) is 0 Å². The summed E-state index contributed by atoms with van der Waals surface area (Å²) in [6, 6.07) is 8.33. The lowest BCUT2D eigenvalue weighted by molar-refractivity contribution is -0.143. The third-order valence-electron chi connectivity index (χ3n) is 3.77. The maximum Gasteiger partial charge on any atom is 0.322 e. The standard InChI is InChI=1S/C17H28N2O2/c1-5-16(17(20)21-4)18-12-14-8-10-15(11-9-14)13-19(6-2)7-3/h8-11,16,18H,5-7,12-13H2,1-4H3. The summed E-state index contributed by atoms with van der Waals surface area (Å²) in [5.74, 6) is -0.198. The smallest absolute Gasteiger partial charge is 0.322 e. The first kappa shape index (κ1) is 17.7. The van der Waals surface area contributed by atoms with Crippen molar-refractivity contribution in [2.45, 2.75) is 46.3 Å². The Labute approximate surface area is 128 Å². The molecule has 0 saturated heterocycles. The van der Waals surface area contributed by atoms with Crippen LogP contribution < -0.4 is 5.32 Å². The second-order valence-electron chi connectivity index (χ2n) is 5.14. The van der Waals surface area contributed by atoms with Crippen molar-refractivity contribution in [3.8, 4) is 0 Å². The van der Waals surface area contributed by atoms with Crippen molar-refractivity contribution in [2.24, 2.45) is 0 Å². The second kappa shape index (κ2) is 9.53. The maximum atomic E-state index is 11.5. The fourth-order valence-electron chi connectivity index (χ4n) is 2.25. The van der Waals surface area contributed by atoms with E-state index in [2.05, 4.69) is 48.3 Å². The zero-order valence-corrected chi connectivity index (χ0v) is 13.7. The first-order valence-electron chi connectivity index (χ1n) is 7.75. The summed E-state index contributed by atoms with van der Waals surface area (Å²) in [4.78, 5) is 13.9. The van der Waals surface area contributed by atoms with Crippen molar-refractivity contribution in [3.05, 3.63) is 35.4 Å². The number of methoxy groups -OCH3 is 1. The molecule has 1 aromatic rings. The number of benzene rings is 1. The first-order valence-corrected chi connectivity index (χ1v) is 7.75. The van der Waals surface area contributed by atoms with Crippen LogP contribution in [0.2, 0.25) is 0 Å². The highest BCUT2D eigenvalue weighted by Gasteiger charge is 2.15. The fraction of sp³-hybridized carbons (Fsp3) is 0.588.